The first-order chi connectivity index (χ1) is 17.6. The van der Waals surface area contributed by atoms with Crippen molar-refractivity contribution in [2.75, 3.05) is 13.2 Å². The van der Waals surface area contributed by atoms with Gasteiger partial charge in [-0.3, -0.25) is 4.79 Å². The van der Waals surface area contributed by atoms with Crippen molar-refractivity contribution in [1.29, 1.82) is 0 Å². The quantitative estimate of drug-likeness (QED) is 0.120. The van der Waals surface area contributed by atoms with E-state index in [1.165, 1.54) is 18.2 Å². The van der Waals surface area contributed by atoms with E-state index in [0.717, 1.165) is 6.26 Å². The molecule has 13 heteroatoms. The molecule has 37 heavy (non-hydrogen) atoms. The minimum absolute atomic E-state index is 0.0750. The highest BCUT2D eigenvalue weighted by molar-refractivity contribution is 5.89. The number of aromatic hydroxyl groups is 2. The SMILES string of the molecule is CC=C1[C@@H](O[C@H]2O[C@H](CO)[C@@H](O)[C@H](O)[C@H]2O)OC=C(C(=O)O)[C@@H]1CC(=O)OCCc1ccc(O)c(O)c1. The Hall–Kier alpha value is -3.20. The maximum Gasteiger partial charge on any atom is 0.335 e. The number of esters is 1. The number of rotatable bonds is 9. The third-order valence-corrected chi connectivity index (χ3v) is 6.12. The fourth-order valence-electron chi connectivity index (χ4n) is 4.05. The number of ether oxygens (including phenoxy) is 4. The number of aliphatic carboxylic acids is 1. The lowest BCUT2D eigenvalue weighted by Gasteiger charge is -2.41. The standard InChI is InChI=1S/C24H30O13/c1-2-12-13(8-18(28)34-6-5-11-3-4-15(26)16(27)7-11)14(22(32)33)10-35-23(12)37-24-21(31)20(30)19(29)17(9-25)36-24/h2-4,7,10,13,17,19-21,23-27,29-31H,5-6,8-9H2,1H3,(H,32,33)/t13-,17-,19-,20+,21-,23-,24-/m1/s1. The Balaban J connectivity index is 1.68. The number of hydrogen-bond acceptors (Lipinski definition) is 12. The Kier molecular flexibility index (Phi) is 9.48. The van der Waals surface area contributed by atoms with Gasteiger partial charge in [0.1, 0.15) is 24.4 Å². The fraction of sp³-hybridized carbons (Fsp3) is 0.500. The van der Waals surface area contributed by atoms with Crippen LogP contribution in [0.1, 0.15) is 18.9 Å². The Morgan fingerprint density at radius 2 is 1.81 bits per heavy atom. The van der Waals surface area contributed by atoms with Gasteiger partial charge in [-0.2, -0.15) is 0 Å². The van der Waals surface area contributed by atoms with Crippen molar-refractivity contribution in [2.45, 2.75) is 56.8 Å². The molecule has 0 aliphatic carbocycles. The first kappa shape index (κ1) is 28.4. The minimum atomic E-state index is -1.72. The Bertz CT molecular complexity index is 1030. The molecule has 0 amide bonds. The third kappa shape index (κ3) is 6.57. The first-order valence-corrected chi connectivity index (χ1v) is 11.4. The summed E-state index contributed by atoms with van der Waals surface area (Å²) in [5.41, 5.74) is 0.557. The Morgan fingerprint density at radius 1 is 1.08 bits per heavy atom. The second-order valence-electron chi connectivity index (χ2n) is 8.52. The number of hydrogen-bond donors (Lipinski definition) is 7. The summed E-state index contributed by atoms with van der Waals surface area (Å²) >= 11 is 0. The Labute approximate surface area is 211 Å². The molecule has 0 aromatic heterocycles. The van der Waals surface area contributed by atoms with E-state index in [2.05, 4.69) is 0 Å². The van der Waals surface area contributed by atoms with Gasteiger partial charge in [-0.15, -0.1) is 0 Å². The lowest BCUT2D eigenvalue weighted by Crippen LogP contribution is -2.60. The fourth-order valence-corrected chi connectivity index (χ4v) is 4.05. The lowest BCUT2D eigenvalue weighted by atomic mass is 9.86. The largest absolute Gasteiger partial charge is 0.504 e. The van der Waals surface area contributed by atoms with Crippen molar-refractivity contribution in [3.63, 3.8) is 0 Å². The van der Waals surface area contributed by atoms with E-state index in [1.54, 1.807) is 13.0 Å². The number of carbonyl (C=O) groups is 2. The molecule has 7 atom stereocenters. The summed E-state index contributed by atoms with van der Waals surface area (Å²) in [6.07, 6.45) is -6.90. The van der Waals surface area contributed by atoms with Crippen molar-refractivity contribution in [3.8, 4) is 11.5 Å². The van der Waals surface area contributed by atoms with Gasteiger partial charge >= 0.3 is 11.9 Å². The summed E-state index contributed by atoms with van der Waals surface area (Å²) < 4.78 is 21.6. The van der Waals surface area contributed by atoms with Crippen LogP contribution in [0, 0.1) is 5.92 Å². The third-order valence-electron chi connectivity index (χ3n) is 6.12. The highest BCUT2D eigenvalue weighted by Gasteiger charge is 2.46. The van der Waals surface area contributed by atoms with Gasteiger partial charge in [0.25, 0.3) is 0 Å². The molecule has 0 bridgehead atoms. The smallest absolute Gasteiger partial charge is 0.335 e. The van der Waals surface area contributed by atoms with Crippen LogP contribution in [0.4, 0.5) is 0 Å². The maximum atomic E-state index is 12.6. The van der Waals surface area contributed by atoms with E-state index in [-0.39, 0.29) is 35.7 Å². The molecule has 0 spiro atoms. The van der Waals surface area contributed by atoms with Crippen LogP contribution in [0.2, 0.25) is 0 Å². The minimum Gasteiger partial charge on any atom is -0.504 e. The van der Waals surface area contributed by atoms with Crippen LogP contribution in [-0.2, 0) is 35.0 Å². The number of allylic oxidation sites excluding steroid dienone is 1. The molecule has 2 heterocycles. The molecule has 1 aromatic carbocycles. The van der Waals surface area contributed by atoms with Crippen LogP contribution in [0.15, 0.2) is 41.7 Å². The maximum absolute atomic E-state index is 12.6. The second-order valence-corrected chi connectivity index (χ2v) is 8.52. The average molecular weight is 526 g/mol. The molecular formula is C24H30O13. The van der Waals surface area contributed by atoms with E-state index in [4.69, 9.17) is 18.9 Å². The van der Waals surface area contributed by atoms with Crippen molar-refractivity contribution < 1.29 is 64.3 Å². The van der Waals surface area contributed by atoms with E-state index in [1.807, 2.05) is 0 Å². The topological polar surface area (TPSA) is 213 Å². The highest BCUT2D eigenvalue weighted by atomic mass is 16.8. The number of aliphatic hydroxyl groups is 4. The van der Waals surface area contributed by atoms with E-state index in [0.29, 0.717) is 5.56 Å². The van der Waals surface area contributed by atoms with Crippen LogP contribution in [0.5, 0.6) is 11.5 Å². The number of benzene rings is 1. The number of phenolic OH excluding ortho intramolecular Hbond substituents is 2. The number of phenols is 2. The zero-order valence-electron chi connectivity index (χ0n) is 19.8. The molecule has 7 N–H and O–H groups in total. The predicted octanol–water partition coefficient (Wildman–Crippen LogP) is -0.723. The van der Waals surface area contributed by atoms with Crippen LogP contribution < -0.4 is 0 Å². The van der Waals surface area contributed by atoms with Crippen molar-refractivity contribution in [3.05, 3.63) is 47.2 Å². The number of carboxylic acids is 1. The van der Waals surface area contributed by atoms with E-state index < -0.39 is 67.9 Å². The number of carbonyl (C=O) groups excluding carboxylic acids is 1. The molecule has 0 saturated carbocycles. The normalized spacial score (nSPS) is 30.9. The van der Waals surface area contributed by atoms with Gasteiger partial charge in [0.05, 0.1) is 31.5 Å². The van der Waals surface area contributed by atoms with E-state index >= 15 is 0 Å². The Morgan fingerprint density at radius 3 is 2.43 bits per heavy atom. The monoisotopic (exact) mass is 526 g/mol. The summed E-state index contributed by atoms with van der Waals surface area (Å²) in [5, 5.41) is 68.1. The van der Waals surface area contributed by atoms with Crippen LogP contribution in [0.25, 0.3) is 0 Å². The highest BCUT2D eigenvalue weighted by Crippen LogP contribution is 2.36. The molecule has 1 saturated heterocycles. The van der Waals surface area contributed by atoms with Crippen LogP contribution >= 0.6 is 0 Å². The molecule has 13 nitrogen and oxygen atoms in total. The van der Waals surface area contributed by atoms with Gasteiger partial charge in [0, 0.05) is 17.9 Å². The summed E-state index contributed by atoms with van der Waals surface area (Å²) in [6.45, 7) is 0.811. The molecule has 3 rings (SSSR count). The molecule has 2 aliphatic heterocycles. The van der Waals surface area contributed by atoms with Crippen molar-refractivity contribution in [2.24, 2.45) is 5.92 Å². The second kappa shape index (κ2) is 12.4. The summed E-state index contributed by atoms with van der Waals surface area (Å²) in [7, 11) is 0. The van der Waals surface area contributed by atoms with Gasteiger partial charge in [-0.25, -0.2) is 4.79 Å². The summed E-state index contributed by atoms with van der Waals surface area (Å²) in [6, 6.07) is 4.17. The molecule has 204 valence electrons. The van der Waals surface area contributed by atoms with Gasteiger partial charge in [0.2, 0.25) is 6.29 Å². The molecule has 1 aromatic rings. The van der Waals surface area contributed by atoms with Crippen molar-refractivity contribution in [1.82, 2.24) is 0 Å². The molecule has 1 fully saturated rings. The molecule has 2 aliphatic rings. The summed E-state index contributed by atoms with van der Waals surface area (Å²) in [5.74, 6) is -3.70. The number of aliphatic hydroxyl groups excluding tert-OH is 4. The lowest BCUT2D eigenvalue weighted by molar-refractivity contribution is -0.327. The zero-order chi connectivity index (χ0) is 27.3. The molecular weight excluding hydrogens is 496 g/mol. The van der Waals surface area contributed by atoms with E-state index in [9.17, 15) is 45.3 Å². The van der Waals surface area contributed by atoms with Gasteiger partial charge in [-0.05, 0) is 24.6 Å². The predicted molar refractivity (Wildman–Crippen MR) is 122 cm³/mol. The molecule has 0 radical (unpaired) electrons. The number of carboxylic acid groups (broad SMARTS) is 1. The average Bonchev–Trinajstić information content (AvgIpc) is 2.86. The van der Waals surface area contributed by atoms with Crippen LogP contribution in [-0.4, -0.2) is 97.9 Å². The summed E-state index contributed by atoms with van der Waals surface area (Å²) in [4.78, 5) is 24.4. The van der Waals surface area contributed by atoms with Gasteiger partial charge < -0.3 is 54.7 Å². The molecule has 0 unspecified atom stereocenters. The van der Waals surface area contributed by atoms with Gasteiger partial charge in [0.15, 0.2) is 17.8 Å². The first-order valence-electron chi connectivity index (χ1n) is 11.4. The van der Waals surface area contributed by atoms with Crippen molar-refractivity contribution >= 4 is 11.9 Å². The van der Waals surface area contributed by atoms with Gasteiger partial charge in [-0.1, -0.05) is 12.1 Å². The zero-order valence-corrected chi connectivity index (χ0v) is 19.8. The van der Waals surface area contributed by atoms with Crippen LogP contribution in [0.3, 0.4) is 0 Å².